The van der Waals surface area contributed by atoms with Crippen LogP contribution in [0, 0.1) is 6.92 Å². The minimum Gasteiger partial charge on any atom is -0.455 e. The Balaban J connectivity index is 1.85. The Morgan fingerprint density at radius 1 is 1.12 bits per heavy atom. The molecule has 0 atom stereocenters. The fourth-order valence-electron chi connectivity index (χ4n) is 1.78. The highest BCUT2D eigenvalue weighted by Crippen LogP contribution is 2.25. The number of pyridine rings is 1. The lowest BCUT2D eigenvalue weighted by Gasteiger charge is -2.09. The van der Waals surface area contributed by atoms with Crippen LogP contribution in [0.2, 0.25) is 15.1 Å². The first-order chi connectivity index (χ1) is 11.3. The molecule has 0 spiro atoms. The quantitative estimate of drug-likeness (QED) is 0.785. The van der Waals surface area contributed by atoms with Gasteiger partial charge in [-0.25, -0.2) is 4.98 Å². The first-order valence-corrected chi connectivity index (χ1v) is 8.01. The van der Waals surface area contributed by atoms with Gasteiger partial charge >= 0.3 is 5.97 Å². The number of ether oxygens (including phenoxy) is 1. The van der Waals surface area contributed by atoms with E-state index in [9.17, 15) is 9.59 Å². The Hall–Kier alpha value is -1.82. The van der Waals surface area contributed by atoms with Crippen molar-refractivity contribution in [2.45, 2.75) is 13.3 Å². The molecule has 126 valence electrons. The monoisotopic (exact) mass is 386 g/mol. The largest absolute Gasteiger partial charge is 0.455 e. The lowest BCUT2D eigenvalue weighted by Crippen LogP contribution is -2.22. The van der Waals surface area contributed by atoms with E-state index in [1.165, 1.54) is 6.07 Å². The van der Waals surface area contributed by atoms with Crippen molar-refractivity contribution in [3.05, 3.63) is 56.7 Å². The van der Waals surface area contributed by atoms with Gasteiger partial charge in [-0.3, -0.25) is 9.59 Å². The van der Waals surface area contributed by atoms with Gasteiger partial charge < -0.3 is 10.1 Å². The molecule has 24 heavy (non-hydrogen) atoms. The molecule has 8 heteroatoms. The highest BCUT2D eigenvalue weighted by Gasteiger charge is 2.12. The number of halogens is 3. The summed E-state index contributed by atoms with van der Waals surface area (Å²) in [4.78, 5) is 27.6. The zero-order valence-electron chi connectivity index (χ0n) is 12.6. The molecule has 1 N–H and O–H groups in total. The van der Waals surface area contributed by atoms with Crippen LogP contribution in [-0.4, -0.2) is 23.5 Å². The van der Waals surface area contributed by atoms with Crippen LogP contribution < -0.4 is 5.32 Å². The van der Waals surface area contributed by atoms with Crippen molar-refractivity contribution in [3.63, 3.8) is 0 Å². The zero-order valence-corrected chi connectivity index (χ0v) is 14.9. The lowest BCUT2D eigenvalue weighted by atomic mass is 10.1. The molecule has 0 saturated heterocycles. The summed E-state index contributed by atoms with van der Waals surface area (Å²) in [7, 11) is 0. The highest BCUT2D eigenvalue weighted by molar-refractivity contribution is 6.36. The molecular weight excluding hydrogens is 375 g/mol. The van der Waals surface area contributed by atoms with Crippen molar-refractivity contribution in [2.24, 2.45) is 0 Å². The summed E-state index contributed by atoms with van der Waals surface area (Å²) in [5, 5.41) is 3.64. The van der Waals surface area contributed by atoms with Crippen LogP contribution in [0.25, 0.3) is 0 Å². The second-order valence-electron chi connectivity index (χ2n) is 4.90. The van der Waals surface area contributed by atoms with Gasteiger partial charge in [0.1, 0.15) is 0 Å². The minimum atomic E-state index is -0.546. The van der Waals surface area contributed by atoms with Crippen molar-refractivity contribution in [1.29, 1.82) is 0 Å². The average molecular weight is 388 g/mol. The van der Waals surface area contributed by atoms with Gasteiger partial charge in [0.2, 0.25) is 0 Å². The van der Waals surface area contributed by atoms with Gasteiger partial charge in [0, 0.05) is 5.02 Å². The van der Waals surface area contributed by atoms with Crippen LogP contribution in [0.4, 0.5) is 5.82 Å². The summed E-state index contributed by atoms with van der Waals surface area (Å²) < 4.78 is 4.92. The number of nitrogens with one attached hydrogen (secondary N) is 1. The second kappa shape index (κ2) is 8.33. The van der Waals surface area contributed by atoms with Crippen LogP contribution in [0.1, 0.15) is 11.3 Å². The third-order valence-electron chi connectivity index (χ3n) is 2.99. The van der Waals surface area contributed by atoms with Gasteiger partial charge in [-0.15, -0.1) is 0 Å². The predicted molar refractivity (Wildman–Crippen MR) is 93.7 cm³/mol. The molecule has 0 bridgehead atoms. The number of hydrogen-bond donors (Lipinski definition) is 1. The van der Waals surface area contributed by atoms with Crippen LogP contribution in [-0.2, 0) is 20.7 Å². The van der Waals surface area contributed by atoms with Gasteiger partial charge in [0.05, 0.1) is 22.2 Å². The maximum Gasteiger partial charge on any atom is 0.310 e. The van der Waals surface area contributed by atoms with E-state index < -0.39 is 18.5 Å². The molecule has 0 aliphatic heterocycles. The summed E-state index contributed by atoms with van der Waals surface area (Å²) in [6, 6.07) is 8.25. The van der Waals surface area contributed by atoms with E-state index >= 15 is 0 Å². The number of anilines is 1. The molecule has 0 aliphatic rings. The van der Waals surface area contributed by atoms with E-state index in [0.29, 0.717) is 15.7 Å². The molecule has 1 amide bonds. The van der Waals surface area contributed by atoms with Crippen molar-refractivity contribution in [1.82, 2.24) is 4.98 Å². The van der Waals surface area contributed by atoms with E-state index in [1.807, 2.05) is 0 Å². The van der Waals surface area contributed by atoms with Crippen LogP contribution in [0.15, 0.2) is 30.3 Å². The number of carbonyl (C=O) groups is 2. The van der Waals surface area contributed by atoms with E-state index in [-0.39, 0.29) is 17.3 Å². The minimum absolute atomic E-state index is 0.0451. The molecule has 5 nitrogen and oxygen atoms in total. The van der Waals surface area contributed by atoms with E-state index in [0.717, 1.165) is 5.56 Å². The topological polar surface area (TPSA) is 68.3 Å². The SMILES string of the molecule is Cc1nc(NC(=O)COC(=O)Cc2ccc(Cl)cc2)c(Cl)cc1Cl. The van der Waals surface area contributed by atoms with E-state index in [2.05, 4.69) is 10.3 Å². The summed E-state index contributed by atoms with van der Waals surface area (Å²) in [6.07, 6.45) is 0.0451. The van der Waals surface area contributed by atoms with E-state index in [4.69, 9.17) is 39.5 Å². The fraction of sp³-hybridized carbons (Fsp3) is 0.188. The first kappa shape index (κ1) is 18.5. The Morgan fingerprint density at radius 3 is 2.46 bits per heavy atom. The van der Waals surface area contributed by atoms with Gasteiger partial charge in [-0.2, -0.15) is 0 Å². The maximum absolute atomic E-state index is 11.8. The van der Waals surface area contributed by atoms with E-state index in [1.54, 1.807) is 31.2 Å². The number of carbonyl (C=O) groups excluding carboxylic acids is 2. The normalized spacial score (nSPS) is 10.3. The molecule has 1 aromatic carbocycles. The van der Waals surface area contributed by atoms with Crippen LogP contribution in [0.3, 0.4) is 0 Å². The molecule has 0 aliphatic carbocycles. The Morgan fingerprint density at radius 2 is 1.79 bits per heavy atom. The Labute approximate surface area is 153 Å². The predicted octanol–water partition coefficient (Wildman–Crippen LogP) is 4.07. The molecule has 0 radical (unpaired) electrons. The number of amides is 1. The highest BCUT2D eigenvalue weighted by atomic mass is 35.5. The number of esters is 1. The smallest absolute Gasteiger partial charge is 0.310 e. The van der Waals surface area contributed by atoms with Gasteiger partial charge in [0.15, 0.2) is 12.4 Å². The number of benzene rings is 1. The number of rotatable bonds is 5. The Bertz CT molecular complexity index is 764. The molecule has 1 aromatic heterocycles. The fourth-order valence-corrected chi connectivity index (χ4v) is 2.31. The molecule has 0 unspecified atom stereocenters. The van der Waals surface area contributed by atoms with Crippen LogP contribution >= 0.6 is 34.8 Å². The molecule has 0 saturated carbocycles. The first-order valence-electron chi connectivity index (χ1n) is 6.87. The van der Waals surface area contributed by atoms with Crippen molar-refractivity contribution in [3.8, 4) is 0 Å². The van der Waals surface area contributed by atoms with Crippen molar-refractivity contribution >= 4 is 52.5 Å². The van der Waals surface area contributed by atoms with Crippen LogP contribution in [0.5, 0.6) is 0 Å². The third-order valence-corrected chi connectivity index (χ3v) is 3.91. The molecule has 2 rings (SSSR count). The molecular formula is C16H13Cl3N2O3. The van der Waals surface area contributed by atoms with Crippen molar-refractivity contribution < 1.29 is 14.3 Å². The number of hydrogen-bond acceptors (Lipinski definition) is 4. The number of aromatic nitrogens is 1. The molecule has 0 fully saturated rings. The van der Waals surface area contributed by atoms with Gasteiger partial charge in [-0.05, 0) is 30.7 Å². The molecule has 1 heterocycles. The Kier molecular flexibility index (Phi) is 6.43. The number of aryl methyl sites for hydroxylation is 1. The van der Waals surface area contributed by atoms with Gasteiger partial charge in [-0.1, -0.05) is 46.9 Å². The average Bonchev–Trinajstić information content (AvgIpc) is 2.53. The van der Waals surface area contributed by atoms with Crippen molar-refractivity contribution in [2.75, 3.05) is 11.9 Å². The van der Waals surface area contributed by atoms with Gasteiger partial charge in [0.25, 0.3) is 5.91 Å². The summed E-state index contributed by atoms with van der Waals surface area (Å²) in [6.45, 7) is 1.24. The third kappa shape index (κ3) is 5.37. The summed E-state index contributed by atoms with van der Waals surface area (Å²) >= 11 is 17.6. The zero-order chi connectivity index (χ0) is 17.7. The maximum atomic E-state index is 11.8. The second-order valence-corrected chi connectivity index (χ2v) is 6.15. The molecule has 2 aromatic rings. The summed E-state index contributed by atoms with van der Waals surface area (Å²) in [5.41, 5.74) is 1.26. The number of nitrogens with zero attached hydrogens (tertiary/aromatic N) is 1. The summed E-state index contributed by atoms with van der Waals surface area (Å²) in [5.74, 6) is -0.910. The lowest BCUT2D eigenvalue weighted by molar-refractivity contribution is -0.146. The standard InChI is InChI=1S/C16H13Cl3N2O3/c1-9-12(18)7-13(19)16(20-9)21-14(22)8-24-15(23)6-10-2-4-11(17)5-3-10/h2-5,7H,6,8H2,1H3,(H,20,21,22).